The van der Waals surface area contributed by atoms with Crippen LogP contribution < -0.4 is 0 Å². The van der Waals surface area contributed by atoms with Crippen molar-refractivity contribution in [1.82, 2.24) is 0 Å². The zero-order valence-corrected chi connectivity index (χ0v) is 11.0. The Balaban J connectivity index is 0.000001000. The van der Waals surface area contributed by atoms with Crippen LogP contribution in [0.25, 0.3) is 0 Å². The van der Waals surface area contributed by atoms with E-state index in [4.69, 9.17) is 4.74 Å². The van der Waals surface area contributed by atoms with E-state index in [2.05, 4.69) is 12.1 Å². The summed E-state index contributed by atoms with van der Waals surface area (Å²) < 4.78 is 5.28. The summed E-state index contributed by atoms with van der Waals surface area (Å²) >= 11 is 1.22. The summed E-state index contributed by atoms with van der Waals surface area (Å²) in [5, 5.41) is 0.912. The Bertz CT molecular complexity index is 179. The monoisotopic (exact) mass is 265 g/mol. The molecule has 57 valence electrons. The molecule has 0 aliphatic rings. The van der Waals surface area contributed by atoms with Gasteiger partial charge in [0.25, 0.3) is 0 Å². The summed E-state index contributed by atoms with van der Waals surface area (Å²) in [6.45, 7) is 0.765. The molecule has 1 rings (SSSR count). The Morgan fingerprint density at radius 1 is 1.18 bits per heavy atom. The standard InChI is InChI=1S/C8H9O.BrH.Zn/c1-9-7-8-5-3-2-4-6-8;;/h2-6H,1,7H2;1H;. The topological polar surface area (TPSA) is 9.23 Å². The summed E-state index contributed by atoms with van der Waals surface area (Å²) in [7, 11) is 0. The van der Waals surface area contributed by atoms with Crippen LogP contribution in [0.3, 0.4) is 0 Å². The van der Waals surface area contributed by atoms with E-state index in [9.17, 15) is 0 Å². The molecule has 11 heavy (non-hydrogen) atoms. The fraction of sp³-hybridized carbons (Fsp3) is 0.250. The molecule has 0 aliphatic heterocycles. The summed E-state index contributed by atoms with van der Waals surface area (Å²) in [6, 6.07) is 10.2. The fourth-order valence-corrected chi connectivity index (χ4v) is 1.07. The summed E-state index contributed by atoms with van der Waals surface area (Å²) in [5.74, 6) is 0. The van der Waals surface area contributed by atoms with Crippen LogP contribution in [-0.4, -0.2) is 5.20 Å². The predicted molar refractivity (Wildman–Crippen MR) is 46.4 cm³/mol. The van der Waals surface area contributed by atoms with Crippen molar-refractivity contribution in [2.45, 2.75) is 6.61 Å². The van der Waals surface area contributed by atoms with Crippen molar-refractivity contribution in [3.8, 4) is 0 Å². The van der Waals surface area contributed by atoms with E-state index in [1.54, 1.807) is 0 Å². The molecule has 0 radical (unpaired) electrons. The van der Waals surface area contributed by atoms with Crippen LogP contribution in [0.1, 0.15) is 5.56 Å². The predicted octanol–water partition coefficient (Wildman–Crippen LogP) is 2.29. The van der Waals surface area contributed by atoms with Crippen molar-refractivity contribution in [1.29, 1.82) is 0 Å². The Morgan fingerprint density at radius 2 is 1.82 bits per heavy atom. The fourth-order valence-electron chi connectivity index (χ4n) is 0.764. The SMILES string of the molecule is Br.[Zn][CH2]OCc1ccccc1. The van der Waals surface area contributed by atoms with Gasteiger partial charge in [-0.2, -0.15) is 0 Å². The number of rotatable bonds is 3. The van der Waals surface area contributed by atoms with Gasteiger partial charge in [-0.05, 0) is 0 Å². The van der Waals surface area contributed by atoms with E-state index in [-0.39, 0.29) is 17.0 Å². The van der Waals surface area contributed by atoms with Gasteiger partial charge in [0.15, 0.2) is 0 Å². The Hall–Kier alpha value is 0.283. The third-order valence-corrected chi connectivity index (χ3v) is 1.86. The second-order valence-corrected chi connectivity index (χ2v) is 2.89. The molecule has 0 bridgehead atoms. The van der Waals surface area contributed by atoms with Crippen molar-refractivity contribution in [3.05, 3.63) is 35.9 Å². The molecule has 0 amide bonds. The van der Waals surface area contributed by atoms with Crippen molar-refractivity contribution in [2.24, 2.45) is 0 Å². The van der Waals surface area contributed by atoms with E-state index < -0.39 is 0 Å². The van der Waals surface area contributed by atoms with Crippen LogP contribution in [0, 0.1) is 0 Å². The third-order valence-electron chi connectivity index (χ3n) is 1.26. The maximum absolute atomic E-state index is 5.28. The molecule has 3 heteroatoms. The maximum atomic E-state index is 5.28. The Morgan fingerprint density at radius 3 is 2.36 bits per heavy atom. The van der Waals surface area contributed by atoms with Crippen molar-refractivity contribution < 1.29 is 23.0 Å². The molecule has 0 fully saturated rings. The first-order valence-corrected chi connectivity index (χ1v) is 5.44. The van der Waals surface area contributed by atoms with Gasteiger partial charge in [-0.15, -0.1) is 17.0 Å². The molecule has 0 spiro atoms. The van der Waals surface area contributed by atoms with Crippen molar-refractivity contribution >= 4 is 17.0 Å². The van der Waals surface area contributed by atoms with Gasteiger partial charge >= 0.3 is 70.7 Å². The molecule has 0 saturated carbocycles. The summed E-state index contributed by atoms with van der Waals surface area (Å²) in [5.41, 5.74) is 1.26. The van der Waals surface area contributed by atoms with Crippen molar-refractivity contribution in [2.75, 3.05) is 5.20 Å². The molecular weight excluding hydrogens is 257 g/mol. The van der Waals surface area contributed by atoms with Gasteiger partial charge in [0, 0.05) is 0 Å². The van der Waals surface area contributed by atoms with Crippen LogP contribution in [-0.2, 0) is 29.6 Å². The first-order chi connectivity index (χ1) is 4.93. The first kappa shape index (κ1) is 11.3. The number of hydrogen-bond acceptors (Lipinski definition) is 1. The zero-order valence-electron chi connectivity index (χ0n) is 6.32. The number of ether oxygens (including phenoxy) is 1. The second kappa shape index (κ2) is 6.96. The zero-order chi connectivity index (χ0) is 7.23. The van der Waals surface area contributed by atoms with E-state index in [0.717, 1.165) is 11.8 Å². The summed E-state index contributed by atoms with van der Waals surface area (Å²) in [4.78, 5) is 0. The molecule has 0 N–H and O–H groups in total. The average molecular weight is 267 g/mol. The van der Waals surface area contributed by atoms with E-state index >= 15 is 0 Å². The molecule has 0 atom stereocenters. The Kier molecular flexibility index (Phi) is 7.14. The molecule has 0 unspecified atom stereocenters. The third kappa shape index (κ3) is 4.68. The molecule has 0 heterocycles. The van der Waals surface area contributed by atoms with Gasteiger partial charge in [-0.3, -0.25) is 0 Å². The van der Waals surface area contributed by atoms with Crippen molar-refractivity contribution in [3.63, 3.8) is 0 Å². The molecule has 0 aromatic heterocycles. The second-order valence-electron chi connectivity index (χ2n) is 2.04. The van der Waals surface area contributed by atoms with Gasteiger partial charge in [-0.1, -0.05) is 0 Å². The minimum atomic E-state index is 0. The van der Waals surface area contributed by atoms with Gasteiger partial charge < -0.3 is 0 Å². The van der Waals surface area contributed by atoms with E-state index in [1.807, 2.05) is 18.2 Å². The Labute approximate surface area is 87.6 Å². The normalized spacial score (nSPS) is 8.91. The quantitative estimate of drug-likeness (QED) is 0.764. The van der Waals surface area contributed by atoms with Crippen LogP contribution in [0.5, 0.6) is 0 Å². The minimum absolute atomic E-state index is 0. The van der Waals surface area contributed by atoms with Crippen LogP contribution in [0.4, 0.5) is 0 Å². The van der Waals surface area contributed by atoms with Gasteiger partial charge in [-0.25, -0.2) is 0 Å². The average Bonchev–Trinajstić information content (AvgIpc) is 2.03. The molecule has 0 aliphatic carbocycles. The van der Waals surface area contributed by atoms with Gasteiger partial charge in [0.2, 0.25) is 0 Å². The molecular formula is C8H10BrOZn. The van der Waals surface area contributed by atoms with Crippen LogP contribution in [0.2, 0.25) is 0 Å². The van der Waals surface area contributed by atoms with Gasteiger partial charge in [0.05, 0.1) is 0 Å². The first-order valence-electron chi connectivity index (χ1n) is 3.34. The number of hydrogen-bond donors (Lipinski definition) is 0. The van der Waals surface area contributed by atoms with E-state index in [0.29, 0.717) is 0 Å². The van der Waals surface area contributed by atoms with Gasteiger partial charge in [0.1, 0.15) is 0 Å². The number of benzene rings is 1. The van der Waals surface area contributed by atoms with E-state index in [1.165, 1.54) is 23.9 Å². The number of halogens is 1. The molecule has 1 aromatic carbocycles. The molecule has 1 aromatic rings. The van der Waals surface area contributed by atoms with Crippen LogP contribution >= 0.6 is 17.0 Å². The van der Waals surface area contributed by atoms with Crippen LogP contribution in [0.15, 0.2) is 30.3 Å². The molecule has 1 nitrogen and oxygen atoms in total. The summed E-state index contributed by atoms with van der Waals surface area (Å²) in [6.07, 6.45) is 0. The molecule has 0 saturated heterocycles.